The summed E-state index contributed by atoms with van der Waals surface area (Å²) < 4.78 is 7.62. The first-order valence-electron chi connectivity index (χ1n) is 15.1. The number of piperidine rings is 1. The number of morpholine rings is 1. The predicted octanol–water partition coefficient (Wildman–Crippen LogP) is 4.85. The lowest BCUT2D eigenvalue weighted by molar-refractivity contribution is 0.0691. The lowest BCUT2D eigenvalue weighted by Crippen LogP contribution is -2.39. The molecule has 5 aromatic rings. The van der Waals surface area contributed by atoms with Gasteiger partial charge in [0.15, 0.2) is 11.5 Å². The predicted molar refractivity (Wildman–Crippen MR) is 171 cm³/mol. The molecule has 7 rings (SSSR count). The minimum Gasteiger partial charge on any atom is -0.378 e. The number of ether oxygens (including phenoxy) is 1. The smallest absolute Gasteiger partial charge is 0.323 e. The van der Waals surface area contributed by atoms with Crippen LogP contribution in [-0.4, -0.2) is 81.0 Å². The molecule has 3 aromatic heterocycles. The third-order valence-electron chi connectivity index (χ3n) is 8.20. The molecule has 228 valence electrons. The quantitative estimate of drug-likeness (QED) is 0.282. The van der Waals surface area contributed by atoms with Gasteiger partial charge >= 0.3 is 6.03 Å². The normalized spacial score (nSPS) is 15.6. The number of urea groups is 1. The molecular weight excluding hydrogens is 570 g/mol. The van der Waals surface area contributed by atoms with E-state index in [0.717, 1.165) is 48.3 Å². The fraction of sp³-hybridized carbons (Fsp3) is 0.273. The van der Waals surface area contributed by atoms with Crippen molar-refractivity contribution in [2.45, 2.75) is 18.9 Å². The zero-order chi connectivity index (χ0) is 30.6. The summed E-state index contributed by atoms with van der Waals surface area (Å²) in [4.78, 5) is 43.7. The Bertz CT molecular complexity index is 1780. The zero-order valence-electron chi connectivity index (χ0n) is 24.7. The van der Waals surface area contributed by atoms with Gasteiger partial charge in [0.05, 0.1) is 30.8 Å². The fourth-order valence-electron chi connectivity index (χ4n) is 5.83. The number of anilines is 3. The summed E-state index contributed by atoms with van der Waals surface area (Å²) in [5.41, 5.74) is 3.60. The van der Waals surface area contributed by atoms with Crippen LogP contribution in [-0.2, 0) is 4.74 Å². The maximum atomic E-state index is 13.0. The van der Waals surface area contributed by atoms with Crippen molar-refractivity contribution in [3.63, 3.8) is 0 Å². The van der Waals surface area contributed by atoms with Crippen LogP contribution in [0, 0.1) is 0 Å². The molecule has 0 aliphatic carbocycles. The van der Waals surface area contributed by atoms with E-state index in [1.165, 1.54) is 0 Å². The third kappa shape index (κ3) is 6.18. The van der Waals surface area contributed by atoms with Crippen LogP contribution in [0.2, 0.25) is 0 Å². The second kappa shape index (κ2) is 12.7. The van der Waals surface area contributed by atoms with Gasteiger partial charge in [0.2, 0.25) is 0 Å². The molecule has 3 amide bonds. The molecule has 0 spiro atoms. The minimum absolute atomic E-state index is 0.0615. The van der Waals surface area contributed by atoms with Crippen LogP contribution in [0.5, 0.6) is 0 Å². The molecular formula is C33H33N9O3. The number of nitrogens with zero attached hydrogens (tertiary/aromatic N) is 7. The number of rotatable bonds is 6. The van der Waals surface area contributed by atoms with Crippen molar-refractivity contribution in [1.29, 1.82) is 0 Å². The lowest BCUT2D eigenvalue weighted by Gasteiger charge is -2.32. The number of hydrogen-bond donors (Lipinski definition) is 2. The number of hydrogen-bond acceptors (Lipinski definition) is 8. The third-order valence-corrected chi connectivity index (χ3v) is 8.20. The number of likely N-dealkylation sites (tertiary alicyclic amines) is 1. The lowest BCUT2D eigenvalue weighted by atomic mass is 10.0. The topological polar surface area (TPSA) is 130 Å². The Balaban J connectivity index is 1.13. The van der Waals surface area contributed by atoms with Gasteiger partial charge in [-0.2, -0.15) is 5.10 Å². The van der Waals surface area contributed by atoms with E-state index < -0.39 is 0 Å². The van der Waals surface area contributed by atoms with Gasteiger partial charge in [0.1, 0.15) is 5.82 Å². The van der Waals surface area contributed by atoms with E-state index >= 15 is 0 Å². The number of carbonyl (C=O) groups is 2. The van der Waals surface area contributed by atoms with E-state index in [4.69, 9.17) is 19.8 Å². The molecule has 2 N–H and O–H groups in total. The first kappa shape index (κ1) is 28.4. The van der Waals surface area contributed by atoms with Gasteiger partial charge in [-0.25, -0.2) is 19.4 Å². The highest BCUT2D eigenvalue weighted by atomic mass is 16.5. The van der Waals surface area contributed by atoms with Gasteiger partial charge in [-0.3, -0.25) is 9.78 Å². The first-order chi connectivity index (χ1) is 22.1. The number of nitrogens with one attached hydrogen (secondary N) is 2. The number of pyridine rings is 1. The van der Waals surface area contributed by atoms with Crippen molar-refractivity contribution in [3.05, 3.63) is 90.9 Å². The fourth-order valence-corrected chi connectivity index (χ4v) is 5.83. The summed E-state index contributed by atoms with van der Waals surface area (Å²) >= 11 is 0. The van der Waals surface area contributed by atoms with Crippen molar-refractivity contribution < 1.29 is 14.3 Å². The molecule has 2 aliphatic heterocycles. The van der Waals surface area contributed by atoms with Gasteiger partial charge in [-0.15, -0.1) is 0 Å². The number of benzene rings is 2. The van der Waals surface area contributed by atoms with Gasteiger partial charge < -0.3 is 25.2 Å². The van der Waals surface area contributed by atoms with Crippen molar-refractivity contribution in [1.82, 2.24) is 29.6 Å². The first-order valence-corrected chi connectivity index (χ1v) is 15.1. The Hall–Kier alpha value is -5.36. The molecule has 5 heterocycles. The summed E-state index contributed by atoms with van der Waals surface area (Å²) in [7, 11) is 0. The van der Waals surface area contributed by atoms with Crippen LogP contribution in [0.15, 0.2) is 85.3 Å². The highest BCUT2D eigenvalue weighted by Crippen LogP contribution is 2.32. The number of carbonyl (C=O) groups excluding carboxylic acids is 2. The molecule has 45 heavy (non-hydrogen) atoms. The van der Waals surface area contributed by atoms with E-state index in [-0.39, 0.29) is 18.0 Å². The monoisotopic (exact) mass is 603 g/mol. The second-order valence-electron chi connectivity index (χ2n) is 11.1. The van der Waals surface area contributed by atoms with E-state index in [1.54, 1.807) is 24.5 Å². The van der Waals surface area contributed by atoms with Gasteiger partial charge in [-0.05, 0) is 61.4 Å². The molecule has 0 atom stereocenters. The van der Waals surface area contributed by atoms with Gasteiger partial charge in [0, 0.05) is 61.1 Å². The molecule has 2 aliphatic rings. The molecule has 2 aromatic carbocycles. The van der Waals surface area contributed by atoms with Gasteiger partial charge in [-0.1, -0.05) is 18.2 Å². The molecule has 0 saturated carbocycles. The van der Waals surface area contributed by atoms with Crippen LogP contribution >= 0.6 is 0 Å². The van der Waals surface area contributed by atoms with Crippen LogP contribution in [0.1, 0.15) is 29.2 Å². The Labute approximate surface area is 260 Å². The molecule has 0 bridgehead atoms. The molecule has 2 saturated heterocycles. The standard InChI is InChI=1S/C33H33N9O3/c43-32(24-4-2-1-3-5-24)41-16-12-27(13-17-41)42-31-28(22-35-42)30(40-18-20-45-21-19-40)38-29(39-31)23-6-8-25(9-7-23)36-33(44)37-26-10-14-34-15-11-26/h1-11,14-15,22,27H,12-13,16-21H2,(H2,34,36,37,44). The van der Waals surface area contributed by atoms with Crippen molar-refractivity contribution in [2.24, 2.45) is 0 Å². The Morgan fingerprint density at radius 2 is 1.49 bits per heavy atom. The average Bonchev–Trinajstić information content (AvgIpc) is 3.53. The summed E-state index contributed by atoms with van der Waals surface area (Å²) in [6.45, 7) is 4.02. The number of amides is 3. The summed E-state index contributed by atoms with van der Waals surface area (Å²) in [5.74, 6) is 1.47. The Kier molecular flexibility index (Phi) is 8.02. The van der Waals surface area contributed by atoms with Crippen molar-refractivity contribution >= 4 is 40.2 Å². The summed E-state index contributed by atoms with van der Waals surface area (Å²) in [5, 5.41) is 11.4. The SMILES string of the molecule is O=C(Nc1ccncc1)Nc1ccc(-c2nc(N3CCOCC3)c3cnn(C4CCN(C(=O)c5ccccc5)CC4)c3n2)cc1. The summed E-state index contributed by atoms with van der Waals surface area (Å²) in [6.07, 6.45) is 6.66. The Morgan fingerprint density at radius 3 is 2.20 bits per heavy atom. The number of aromatic nitrogens is 5. The zero-order valence-corrected chi connectivity index (χ0v) is 24.7. The van der Waals surface area contributed by atoms with E-state index in [2.05, 4.69) is 20.5 Å². The molecule has 12 nitrogen and oxygen atoms in total. The largest absolute Gasteiger partial charge is 0.378 e. The summed E-state index contributed by atoms with van der Waals surface area (Å²) in [6, 6.07) is 20.1. The highest BCUT2D eigenvalue weighted by Gasteiger charge is 2.28. The second-order valence-corrected chi connectivity index (χ2v) is 11.1. The highest BCUT2D eigenvalue weighted by molar-refractivity contribution is 5.99. The van der Waals surface area contributed by atoms with E-state index in [9.17, 15) is 9.59 Å². The van der Waals surface area contributed by atoms with Crippen molar-refractivity contribution in [3.8, 4) is 11.4 Å². The van der Waals surface area contributed by atoms with Crippen LogP contribution in [0.4, 0.5) is 22.0 Å². The van der Waals surface area contributed by atoms with Crippen LogP contribution in [0.25, 0.3) is 22.4 Å². The maximum absolute atomic E-state index is 13.0. The van der Waals surface area contributed by atoms with Crippen LogP contribution in [0.3, 0.4) is 0 Å². The average molecular weight is 604 g/mol. The van der Waals surface area contributed by atoms with Crippen LogP contribution < -0.4 is 15.5 Å². The van der Waals surface area contributed by atoms with Crippen molar-refractivity contribution in [2.75, 3.05) is 54.9 Å². The maximum Gasteiger partial charge on any atom is 0.323 e. The van der Waals surface area contributed by atoms with Gasteiger partial charge in [0.25, 0.3) is 5.91 Å². The molecule has 2 fully saturated rings. The molecule has 12 heteroatoms. The number of fused-ring (bicyclic) bond motifs is 1. The molecule has 0 unspecified atom stereocenters. The minimum atomic E-state index is -0.346. The Morgan fingerprint density at radius 1 is 0.800 bits per heavy atom. The van der Waals surface area contributed by atoms with E-state index in [0.29, 0.717) is 49.1 Å². The molecule has 0 radical (unpaired) electrons. The van der Waals surface area contributed by atoms with E-state index in [1.807, 2.05) is 70.4 Å².